The van der Waals surface area contributed by atoms with Crippen molar-refractivity contribution in [2.24, 2.45) is 5.41 Å². The van der Waals surface area contributed by atoms with Crippen molar-refractivity contribution in [1.82, 2.24) is 10.2 Å². The van der Waals surface area contributed by atoms with Crippen LogP contribution >= 0.6 is 0 Å². The quantitative estimate of drug-likeness (QED) is 0.830. The van der Waals surface area contributed by atoms with Crippen LogP contribution in [0.3, 0.4) is 0 Å². The Bertz CT molecular complexity index is 331. The van der Waals surface area contributed by atoms with Gasteiger partial charge in [-0.3, -0.25) is 4.79 Å². The van der Waals surface area contributed by atoms with E-state index in [-0.39, 0.29) is 25.3 Å². The summed E-state index contributed by atoms with van der Waals surface area (Å²) in [6, 6.07) is 0.282. The number of carbonyl (C=O) groups excluding carboxylic acids is 2. The van der Waals surface area contributed by atoms with Crippen LogP contribution in [0, 0.1) is 5.41 Å². The smallest absolute Gasteiger partial charge is 0.407 e. The second-order valence-electron chi connectivity index (χ2n) is 6.78. The number of nitrogens with one attached hydrogen (secondary N) is 1. The van der Waals surface area contributed by atoms with E-state index < -0.39 is 6.09 Å². The SMILES string of the molecule is CC.CCC.C[C@@H]1CCCN1C(=O)CNC(=O)OCC(C)(C)C.[HH]. The molecular formula is C18H40N2O3. The summed E-state index contributed by atoms with van der Waals surface area (Å²) in [4.78, 5) is 25.0. The van der Waals surface area contributed by atoms with E-state index in [4.69, 9.17) is 4.74 Å². The Morgan fingerprint density at radius 3 is 2.17 bits per heavy atom. The fourth-order valence-electron chi connectivity index (χ4n) is 1.89. The highest BCUT2D eigenvalue weighted by molar-refractivity contribution is 5.82. The van der Waals surface area contributed by atoms with Gasteiger partial charge in [-0.25, -0.2) is 4.79 Å². The van der Waals surface area contributed by atoms with Gasteiger partial charge < -0.3 is 15.0 Å². The van der Waals surface area contributed by atoms with E-state index in [1.54, 1.807) is 0 Å². The van der Waals surface area contributed by atoms with Crippen LogP contribution in [0.2, 0.25) is 0 Å². The molecule has 0 aliphatic carbocycles. The third kappa shape index (κ3) is 12.9. The van der Waals surface area contributed by atoms with E-state index in [0.29, 0.717) is 6.61 Å². The van der Waals surface area contributed by atoms with Gasteiger partial charge in [0.25, 0.3) is 0 Å². The molecule has 0 bridgehead atoms. The second kappa shape index (κ2) is 13.2. The highest BCUT2D eigenvalue weighted by Crippen LogP contribution is 2.16. The molecule has 0 spiro atoms. The summed E-state index contributed by atoms with van der Waals surface area (Å²) in [5.41, 5.74) is -0.0647. The summed E-state index contributed by atoms with van der Waals surface area (Å²) in [7, 11) is 0. The van der Waals surface area contributed by atoms with E-state index in [2.05, 4.69) is 19.2 Å². The maximum absolute atomic E-state index is 11.8. The predicted octanol–water partition coefficient (Wildman–Crippen LogP) is 4.46. The van der Waals surface area contributed by atoms with Crippen molar-refractivity contribution in [2.45, 2.75) is 80.7 Å². The third-order valence-electron chi connectivity index (χ3n) is 2.89. The summed E-state index contributed by atoms with van der Waals surface area (Å²) >= 11 is 0. The molecule has 1 aliphatic rings. The van der Waals surface area contributed by atoms with Gasteiger partial charge in [-0.05, 0) is 25.2 Å². The molecule has 1 fully saturated rings. The topological polar surface area (TPSA) is 58.6 Å². The molecule has 0 aromatic rings. The van der Waals surface area contributed by atoms with Crippen LogP contribution in [0.25, 0.3) is 0 Å². The van der Waals surface area contributed by atoms with Crippen molar-refractivity contribution in [3.8, 4) is 0 Å². The van der Waals surface area contributed by atoms with Gasteiger partial charge in [0.05, 0.1) is 6.61 Å². The summed E-state index contributed by atoms with van der Waals surface area (Å²) in [6.07, 6.45) is 2.81. The number of hydrogen-bond donors (Lipinski definition) is 1. The van der Waals surface area contributed by atoms with Crippen molar-refractivity contribution < 1.29 is 15.8 Å². The minimum absolute atomic E-state index is 0. The van der Waals surface area contributed by atoms with Crippen LogP contribution in [-0.4, -0.2) is 42.6 Å². The molecule has 1 aliphatic heterocycles. The van der Waals surface area contributed by atoms with E-state index >= 15 is 0 Å². The van der Waals surface area contributed by atoms with E-state index in [1.165, 1.54) is 6.42 Å². The molecule has 1 N–H and O–H groups in total. The van der Waals surface area contributed by atoms with Gasteiger partial charge in [-0.15, -0.1) is 0 Å². The molecule has 5 heteroatoms. The maximum atomic E-state index is 11.8. The van der Waals surface area contributed by atoms with Crippen LogP contribution in [0.5, 0.6) is 0 Å². The zero-order chi connectivity index (χ0) is 18.5. The average Bonchev–Trinajstić information content (AvgIpc) is 2.91. The molecule has 140 valence electrons. The lowest BCUT2D eigenvalue weighted by atomic mass is 9.99. The number of ether oxygens (including phenoxy) is 1. The van der Waals surface area contributed by atoms with Crippen LogP contribution in [0.4, 0.5) is 4.79 Å². The van der Waals surface area contributed by atoms with Crippen LogP contribution < -0.4 is 5.32 Å². The minimum Gasteiger partial charge on any atom is -0.449 e. The molecule has 5 nitrogen and oxygen atoms in total. The molecule has 0 radical (unpaired) electrons. The maximum Gasteiger partial charge on any atom is 0.407 e. The van der Waals surface area contributed by atoms with Gasteiger partial charge in [-0.2, -0.15) is 0 Å². The second-order valence-corrected chi connectivity index (χ2v) is 6.78. The van der Waals surface area contributed by atoms with Crippen molar-refractivity contribution in [3.63, 3.8) is 0 Å². The molecule has 0 aromatic carbocycles. The van der Waals surface area contributed by atoms with Gasteiger partial charge in [0.1, 0.15) is 6.54 Å². The summed E-state index contributed by atoms with van der Waals surface area (Å²) < 4.78 is 5.03. The molecular weight excluding hydrogens is 292 g/mol. The molecule has 23 heavy (non-hydrogen) atoms. The first-order chi connectivity index (χ1) is 10.7. The lowest BCUT2D eigenvalue weighted by Crippen LogP contribution is -2.42. The zero-order valence-electron chi connectivity index (χ0n) is 16.5. The lowest BCUT2D eigenvalue weighted by Gasteiger charge is -2.22. The molecule has 2 amide bonds. The van der Waals surface area contributed by atoms with E-state index in [1.807, 2.05) is 46.4 Å². The van der Waals surface area contributed by atoms with Crippen molar-refractivity contribution in [1.29, 1.82) is 0 Å². The first-order valence-electron chi connectivity index (χ1n) is 8.91. The van der Waals surface area contributed by atoms with Gasteiger partial charge in [0.15, 0.2) is 0 Å². The van der Waals surface area contributed by atoms with E-state index in [0.717, 1.165) is 19.4 Å². The minimum atomic E-state index is -0.523. The highest BCUT2D eigenvalue weighted by Gasteiger charge is 2.25. The molecule has 0 saturated carbocycles. The molecule has 1 rings (SSSR count). The summed E-state index contributed by atoms with van der Waals surface area (Å²) in [5.74, 6) is -0.0345. The number of hydrogen-bond acceptors (Lipinski definition) is 3. The predicted molar refractivity (Wildman–Crippen MR) is 98.6 cm³/mol. The summed E-state index contributed by atoms with van der Waals surface area (Å²) in [6.45, 7) is 17.4. The monoisotopic (exact) mass is 332 g/mol. The van der Waals surface area contributed by atoms with Crippen molar-refractivity contribution in [2.75, 3.05) is 19.7 Å². The van der Waals surface area contributed by atoms with Crippen LogP contribution in [-0.2, 0) is 9.53 Å². The molecule has 0 unspecified atom stereocenters. The number of nitrogens with zero attached hydrogens (tertiary/aromatic N) is 1. The zero-order valence-corrected chi connectivity index (χ0v) is 16.5. The number of alkyl carbamates (subject to hydrolysis) is 1. The molecule has 0 aromatic heterocycles. The highest BCUT2D eigenvalue weighted by atomic mass is 16.5. The Kier molecular flexibility index (Phi) is 13.8. The third-order valence-corrected chi connectivity index (χ3v) is 2.89. The first kappa shape index (κ1) is 24.0. The Morgan fingerprint density at radius 2 is 1.78 bits per heavy atom. The van der Waals surface area contributed by atoms with Gasteiger partial charge in [-0.1, -0.05) is 54.9 Å². The standard InChI is InChI=1S/C13H24N2O3.C3H8.C2H6.H2/c1-10-6-5-7-15(10)11(16)8-14-12(17)18-9-13(2,3)4;1-3-2;1-2;/h10H,5-9H2,1-4H3,(H,14,17);3H2,1-2H3;1-2H3;1H/t10-;;;/m1.../s1. The Labute approximate surface area is 144 Å². The fourth-order valence-corrected chi connectivity index (χ4v) is 1.89. The van der Waals surface area contributed by atoms with Crippen LogP contribution in [0.1, 0.15) is 76.1 Å². The number of rotatable bonds is 3. The number of amides is 2. The van der Waals surface area contributed by atoms with Crippen LogP contribution in [0.15, 0.2) is 0 Å². The largest absolute Gasteiger partial charge is 0.449 e. The normalized spacial score (nSPS) is 16.5. The fraction of sp³-hybridized carbons (Fsp3) is 0.889. The van der Waals surface area contributed by atoms with Gasteiger partial charge >= 0.3 is 6.09 Å². The Morgan fingerprint density at radius 1 is 1.26 bits per heavy atom. The average molecular weight is 333 g/mol. The Balaban J connectivity index is -0.000000660. The van der Waals surface area contributed by atoms with Crippen molar-refractivity contribution in [3.05, 3.63) is 0 Å². The Hall–Kier alpha value is -1.26. The number of likely N-dealkylation sites (tertiary alicyclic amines) is 1. The van der Waals surface area contributed by atoms with Gasteiger partial charge in [0.2, 0.25) is 5.91 Å². The summed E-state index contributed by atoms with van der Waals surface area (Å²) in [5, 5.41) is 2.50. The first-order valence-corrected chi connectivity index (χ1v) is 8.91. The van der Waals surface area contributed by atoms with E-state index in [9.17, 15) is 9.59 Å². The molecule has 1 atom stereocenters. The van der Waals surface area contributed by atoms with Gasteiger partial charge in [0, 0.05) is 14.0 Å². The molecule has 1 heterocycles. The number of carbonyl (C=O) groups is 2. The lowest BCUT2D eigenvalue weighted by molar-refractivity contribution is -0.130. The van der Waals surface area contributed by atoms with Crippen molar-refractivity contribution >= 4 is 12.0 Å². The molecule has 1 saturated heterocycles.